The first kappa shape index (κ1) is 15.3. The van der Waals surface area contributed by atoms with Crippen molar-refractivity contribution >= 4 is 5.91 Å². The summed E-state index contributed by atoms with van der Waals surface area (Å²) in [5, 5.41) is 0. The zero-order valence-electron chi connectivity index (χ0n) is 12.5. The smallest absolute Gasteiger partial charge is 0.291 e. The molecule has 0 aromatic carbocycles. The molecule has 2 aromatic rings. The molecule has 120 valence electrons. The first-order valence-corrected chi connectivity index (χ1v) is 7.40. The van der Waals surface area contributed by atoms with Gasteiger partial charge in [0, 0.05) is 43.2 Å². The number of ether oxygens (including phenoxy) is 1. The first-order valence-electron chi connectivity index (χ1n) is 7.40. The Morgan fingerprint density at radius 1 is 1.35 bits per heavy atom. The zero-order chi connectivity index (χ0) is 16.1. The minimum Gasteiger partial charge on any atom is -0.379 e. The monoisotopic (exact) mass is 315 g/mol. The van der Waals surface area contributed by atoms with Crippen LogP contribution < -0.4 is 5.56 Å². The van der Waals surface area contributed by atoms with E-state index in [0.29, 0.717) is 38.4 Å². The number of hydrogen-bond donors (Lipinski definition) is 1. The Bertz CT molecular complexity index is 718. The van der Waals surface area contributed by atoms with Crippen molar-refractivity contribution in [2.24, 2.45) is 5.92 Å². The summed E-state index contributed by atoms with van der Waals surface area (Å²) in [6.07, 6.45) is 5.05. The summed E-state index contributed by atoms with van der Waals surface area (Å²) in [7, 11) is 0. The van der Waals surface area contributed by atoms with Crippen LogP contribution in [0.4, 0.5) is 0 Å². The van der Waals surface area contributed by atoms with E-state index in [2.05, 4.69) is 19.9 Å². The van der Waals surface area contributed by atoms with E-state index in [1.807, 2.05) is 0 Å². The molecule has 1 N–H and O–H groups in total. The average Bonchev–Trinajstić information content (AvgIpc) is 2.80. The predicted molar refractivity (Wildman–Crippen MR) is 80.8 cm³/mol. The van der Waals surface area contributed by atoms with Crippen LogP contribution in [0.1, 0.15) is 16.3 Å². The van der Waals surface area contributed by atoms with Gasteiger partial charge in [-0.1, -0.05) is 0 Å². The predicted octanol–water partition coefficient (Wildman–Crippen LogP) is -0.109. The molecule has 8 heteroatoms. The normalized spacial score (nSPS) is 18.4. The van der Waals surface area contributed by atoms with Gasteiger partial charge in [0.05, 0.1) is 19.5 Å². The topological polar surface area (TPSA) is 101 Å². The van der Waals surface area contributed by atoms with Crippen LogP contribution in [0.2, 0.25) is 0 Å². The number of aromatic amines is 1. The van der Waals surface area contributed by atoms with Gasteiger partial charge in [0.2, 0.25) is 5.82 Å². The van der Waals surface area contributed by atoms with E-state index in [9.17, 15) is 9.59 Å². The molecular formula is C15H17N5O3. The van der Waals surface area contributed by atoms with Crippen LogP contribution in [0.15, 0.2) is 35.6 Å². The highest BCUT2D eigenvalue weighted by Gasteiger charge is 2.25. The van der Waals surface area contributed by atoms with Gasteiger partial charge >= 0.3 is 0 Å². The number of aromatic nitrogens is 4. The number of hydrogen-bond acceptors (Lipinski definition) is 6. The Morgan fingerprint density at radius 2 is 2.17 bits per heavy atom. The fourth-order valence-electron chi connectivity index (χ4n) is 2.56. The molecule has 0 aliphatic carbocycles. The summed E-state index contributed by atoms with van der Waals surface area (Å²) in [5.41, 5.74) is 0.503. The summed E-state index contributed by atoms with van der Waals surface area (Å²) in [4.78, 5) is 40.2. The molecule has 2 aromatic heterocycles. The molecule has 0 bridgehead atoms. The number of carbonyl (C=O) groups excluding carboxylic acids is 1. The first-order chi connectivity index (χ1) is 11.2. The van der Waals surface area contributed by atoms with Crippen molar-refractivity contribution in [2.45, 2.75) is 6.42 Å². The molecule has 1 saturated heterocycles. The summed E-state index contributed by atoms with van der Waals surface area (Å²) < 4.78 is 5.58. The van der Waals surface area contributed by atoms with Gasteiger partial charge in [-0.05, 0) is 12.5 Å². The number of amides is 1. The van der Waals surface area contributed by atoms with Crippen molar-refractivity contribution in [3.05, 3.63) is 52.7 Å². The zero-order valence-corrected chi connectivity index (χ0v) is 12.5. The molecule has 0 saturated carbocycles. The van der Waals surface area contributed by atoms with Crippen LogP contribution in [-0.4, -0.2) is 57.0 Å². The lowest BCUT2D eigenvalue weighted by Gasteiger charge is -2.22. The maximum absolute atomic E-state index is 12.5. The molecule has 1 fully saturated rings. The molecule has 1 atom stereocenters. The molecule has 8 nitrogen and oxygen atoms in total. The van der Waals surface area contributed by atoms with Gasteiger partial charge < -0.3 is 14.6 Å². The lowest BCUT2D eigenvalue weighted by atomic mass is 10.0. The lowest BCUT2D eigenvalue weighted by Crippen LogP contribution is -2.37. The van der Waals surface area contributed by atoms with Gasteiger partial charge in [-0.15, -0.1) is 0 Å². The van der Waals surface area contributed by atoms with Crippen molar-refractivity contribution in [1.82, 2.24) is 24.8 Å². The van der Waals surface area contributed by atoms with Gasteiger partial charge in [-0.25, -0.2) is 15.0 Å². The van der Waals surface area contributed by atoms with Gasteiger partial charge in [-0.2, -0.15) is 0 Å². The van der Waals surface area contributed by atoms with Crippen LogP contribution >= 0.6 is 0 Å². The fourth-order valence-corrected chi connectivity index (χ4v) is 2.56. The molecular weight excluding hydrogens is 298 g/mol. The number of H-pyrrole nitrogens is 1. The second-order valence-corrected chi connectivity index (χ2v) is 5.37. The van der Waals surface area contributed by atoms with E-state index in [1.165, 1.54) is 12.4 Å². The maximum Gasteiger partial charge on any atom is 0.291 e. The summed E-state index contributed by atoms with van der Waals surface area (Å²) >= 11 is 0. The highest BCUT2D eigenvalue weighted by atomic mass is 16.5. The quantitative estimate of drug-likeness (QED) is 0.848. The van der Waals surface area contributed by atoms with Gasteiger partial charge in [0.15, 0.2) is 0 Å². The molecule has 0 radical (unpaired) electrons. The van der Waals surface area contributed by atoms with Crippen molar-refractivity contribution < 1.29 is 9.53 Å². The molecule has 23 heavy (non-hydrogen) atoms. The van der Waals surface area contributed by atoms with E-state index in [0.717, 1.165) is 0 Å². The Balaban J connectivity index is 1.71. The average molecular weight is 315 g/mol. The molecule has 1 aliphatic heterocycles. The summed E-state index contributed by atoms with van der Waals surface area (Å²) in [6, 6.07) is 3.14. The minimum atomic E-state index is -0.208. The van der Waals surface area contributed by atoms with Gasteiger partial charge in [0.1, 0.15) is 0 Å². The highest BCUT2D eigenvalue weighted by Crippen LogP contribution is 2.13. The van der Waals surface area contributed by atoms with Crippen LogP contribution in [0.5, 0.6) is 0 Å². The number of nitrogens with zero attached hydrogens (tertiary/aromatic N) is 4. The Morgan fingerprint density at radius 3 is 2.96 bits per heavy atom. The Hall–Kier alpha value is -2.61. The molecule has 0 spiro atoms. The van der Waals surface area contributed by atoms with Crippen molar-refractivity contribution in [2.75, 3.05) is 26.3 Å². The molecule has 0 unspecified atom stereocenters. The van der Waals surface area contributed by atoms with Crippen LogP contribution in [0.25, 0.3) is 0 Å². The highest BCUT2D eigenvalue weighted by molar-refractivity contribution is 5.90. The van der Waals surface area contributed by atoms with E-state index < -0.39 is 0 Å². The largest absolute Gasteiger partial charge is 0.379 e. The number of carbonyl (C=O) groups is 1. The second kappa shape index (κ2) is 7.10. The van der Waals surface area contributed by atoms with Crippen molar-refractivity contribution in [1.29, 1.82) is 0 Å². The fraction of sp³-hybridized carbons (Fsp3) is 0.400. The van der Waals surface area contributed by atoms with Crippen molar-refractivity contribution in [3.63, 3.8) is 0 Å². The molecule has 1 aliphatic rings. The van der Waals surface area contributed by atoms with Crippen LogP contribution in [0.3, 0.4) is 0 Å². The third-order valence-corrected chi connectivity index (χ3v) is 3.61. The summed E-state index contributed by atoms with van der Waals surface area (Å²) in [5.74, 6) is 0.0434. The maximum atomic E-state index is 12.5. The third-order valence-electron chi connectivity index (χ3n) is 3.61. The summed E-state index contributed by atoms with van der Waals surface area (Å²) in [6.45, 7) is 2.01. The van der Waals surface area contributed by atoms with Crippen LogP contribution in [-0.2, 0) is 11.2 Å². The molecule has 3 rings (SSSR count). The van der Waals surface area contributed by atoms with E-state index in [1.54, 1.807) is 23.4 Å². The van der Waals surface area contributed by atoms with E-state index in [-0.39, 0.29) is 23.2 Å². The molecule has 3 heterocycles. The minimum absolute atomic E-state index is 0.0689. The number of rotatable bonds is 3. The van der Waals surface area contributed by atoms with Crippen molar-refractivity contribution in [3.8, 4) is 0 Å². The lowest BCUT2D eigenvalue weighted by molar-refractivity contribution is 0.0725. The Labute approximate surface area is 132 Å². The van der Waals surface area contributed by atoms with Gasteiger partial charge in [0.25, 0.3) is 11.5 Å². The SMILES string of the molecule is O=C(c1ncccn1)N1CCOC[C@@H](Cc2cc(=O)[nH]cn2)C1. The molecule has 1 amide bonds. The van der Waals surface area contributed by atoms with E-state index >= 15 is 0 Å². The standard InChI is InChI=1S/C15H17N5O3/c21-13-7-12(18-10-19-13)6-11-8-20(4-5-23-9-11)15(22)14-16-2-1-3-17-14/h1-3,7,10-11H,4-6,8-9H2,(H,18,19,21)/t11-/m0/s1. The van der Waals surface area contributed by atoms with Gasteiger partial charge in [-0.3, -0.25) is 9.59 Å². The van der Waals surface area contributed by atoms with E-state index in [4.69, 9.17) is 4.74 Å². The van der Waals surface area contributed by atoms with Crippen LogP contribution in [0, 0.1) is 5.92 Å². The Kier molecular flexibility index (Phi) is 4.72. The third kappa shape index (κ3) is 3.98. The number of nitrogens with one attached hydrogen (secondary N) is 1. The second-order valence-electron chi connectivity index (χ2n) is 5.37.